The highest BCUT2D eigenvalue weighted by molar-refractivity contribution is 9.11. The normalized spacial score (nSPS) is 27.7. The van der Waals surface area contributed by atoms with Crippen LogP contribution in [0.2, 0.25) is 0 Å². The van der Waals surface area contributed by atoms with Crippen molar-refractivity contribution in [1.82, 2.24) is 4.98 Å². The highest BCUT2D eigenvalue weighted by Gasteiger charge is 2.48. The van der Waals surface area contributed by atoms with E-state index in [0.717, 1.165) is 3.79 Å². The number of allylic oxidation sites excluding steroid dienone is 2. The molecule has 1 aromatic heterocycles. The van der Waals surface area contributed by atoms with Crippen LogP contribution in [0.4, 0.5) is 5.13 Å². The summed E-state index contributed by atoms with van der Waals surface area (Å²) < 4.78 is 0.820. The number of carbonyl (C=O) groups is 2. The molecule has 1 aliphatic heterocycles. The van der Waals surface area contributed by atoms with Crippen molar-refractivity contribution in [3.63, 3.8) is 0 Å². The fourth-order valence-corrected chi connectivity index (χ4v) is 3.53. The van der Waals surface area contributed by atoms with Crippen LogP contribution in [0.3, 0.4) is 0 Å². The molecule has 0 aromatic carbocycles. The Bertz CT molecular complexity index is 499. The van der Waals surface area contributed by atoms with Gasteiger partial charge in [-0.2, -0.15) is 0 Å². The van der Waals surface area contributed by atoms with Crippen LogP contribution in [0.5, 0.6) is 0 Å². The average molecular weight is 313 g/mol. The van der Waals surface area contributed by atoms with Crippen molar-refractivity contribution in [2.45, 2.75) is 12.8 Å². The molecular weight excluding hydrogens is 304 g/mol. The van der Waals surface area contributed by atoms with Gasteiger partial charge in [-0.25, -0.2) is 9.88 Å². The Balaban J connectivity index is 1.97. The second-order valence-corrected chi connectivity index (χ2v) is 6.50. The van der Waals surface area contributed by atoms with Gasteiger partial charge in [-0.1, -0.05) is 23.5 Å². The quantitative estimate of drug-likeness (QED) is 0.591. The Morgan fingerprint density at radius 1 is 1.24 bits per heavy atom. The molecule has 0 spiro atoms. The molecule has 0 saturated carbocycles. The second-order valence-electron chi connectivity index (χ2n) is 4.11. The third-order valence-electron chi connectivity index (χ3n) is 3.16. The smallest absolute Gasteiger partial charge is 0.239 e. The lowest BCUT2D eigenvalue weighted by atomic mass is 9.85. The van der Waals surface area contributed by atoms with Crippen molar-refractivity contribution in [3.05, 3.63) is 22.1 Å². The zero-order valence-electron chi connectivity index (χ0n) is 8.80. The number of anilines is 1. The molecule has 1 fully saturated rings. The van der Waals surface area contributed by atoms with Crippen LogP contribution < -0.4 is 4.90 Å². The van der Waals surface area contributed by atoms with Crippen molar-refractivity contribution in [3.8, 4) is 0 Å². The van der Waals surface area contributed by atoms with E-state index in [-0.39, 0.29) is 23.7 Å². The minimum Gasteiger partial charge on any atom is -0.274 e. The van der Waals surface area contributed by atoms with Gasteiger partial charge in [0.1, 0.15) is 0 Å². The van der Waals surface area contributed by atoms with E-state index in [4.69, 9.17) is 0 Å². The number of fused-ring (bicyclic) bond motifs is 1. The van der Waals surface area contributed by atoms with Gasteiger partial charge in [0.15, 0.2) is 5.13 Å². The van der Waals surface area contributed by atoms with E-state index in [0.29, 0.717) is 18.0 Å². The minimum absolute atomic E-state index is 0.105. The maximum atomic E-state index is 12.2. The molecule has 1 aromatic rings. The lowest BCUT2D eigenvalue weighted by molar-refractivity contribution is -0.122. The summed E-state index contributed by atoms with van der Waals surface area (Å²) in [5.41, 5.74) is 0. The van der Waals surface area contributed by atoms with Gasteiger partial charge in [-0.05, 0) is 28.8 Å². The van der Waals surface area contributed by atoms with E-state index >= 15 is 0 Å². The topological polar surface area (TPSA) is 50.3 Å². The molecule has 88 valence electrons. The van der Waals surface area contributed by atoms with E-state index in [1.54, 1.807) is 6.20 Å². The summed E-state index contributed by atoms with van der Waals surface area (Å²) in [7, 11) is 0. The molecule has 2 unspecified atom stereocenters. The SMILES string of the molecule is O=C1C2CC=CCC2C(=O)N1c1ncc(Br)s1. The lowest BCUT2D eigenvalue weighted by Crippen LogP contribution is -2.30. The van der Waals surface area contributed by atoms with Crippen LogP contribution in [0, 0.1) is 11.8 Å². The standard InChI is InChI=1S/C11H9BrN2O2S/c12-8-5-13-11(17-8)14-9(15)6-3-1-2-4-7(6)10(14)16/h1-2,5-7H,3-4H2. The van der Waals surface area contributed by atoms with Gasteiger partial charge < -0.3 is 0 Å². The summed E-state index contributed by atoms with van der Waals surface area (Å²) >= 11 is 4.60. The van der Waals surface area contributed by atoms with Crippen LogP contribution >= 0.6 is 27.3 Å². The predicted molar refractivity (Wildman–Crippen MR) is 67.7 cm³/mol. The first kappa shape index (κ1) is 11.1. The van der Waals surface area contributed by atoms with Gasteiger partial charge in [0.2, 0.25) is 11.8 Å². The van der Waals surface area contributed by atoms with Crippen molar-refractivity contribution >= 4 is 44.2 Å². The zero-order valence-corrected chi connectivity index (χ0v) is 11.2. The maximum Gasteiger partial charge on any atom is 0.239 e. The van der Waals surface area contributed by atoms with E-state index in [1.165, 1.54) is 16.2 Å². The first-order chi connectivity index (χ1) is 8.18. The first-order valence-corrected chi connectivity index (χ1v) is 6.93. The van der Waals surface area contributed by atoms with Crippen molar-refractivity contribution in [2.75, 3.05) is 4.90 Å². The molecule has 2 heterocycles. The van der Waals surface area contributed by atoms with Crippen LogP contribution in [0.25, 0.3) is 0 Å². The molecule has 2 aliphatic rings. The van der Waals surface area contributed by atoms with Gasteiger partial charge in [0.05, 0.1) is 21.8 Å². The first-order valence-electron chi connectivity index (χ1n) is 5.32. The molecule has 4 nitrogen and oxygen atoms in total. The van der Waals surface area contributed by atoms with Crippen LogP contribution in [0.1, 0.15) is 12.8 Å². The molecule has 1 aliphatic carbocycles. The number of imide groups is 1. The van der Waals surface area contributed by atoms with E-state index in [1.807, 2.05) is 12.2 Å². The summed E-state index contributed by atoms with van der Waals surface area (Å²) in [5.74, 6) is -0.581. The minimum atomic E-state index is -0.185. The molecule has 0 N–H and O–H groups in total. The maximum absolute atomic E-state index is 12.2. The molecular formula is C11H9BrN2O2S. The van der Waals surface area contributed by atoms with E-state index < -0.39 is 0 Å². The predicted octanol–water partition coefficient (Wildman–Crippen LogP) is 2.36. The number of hydrogen-bond donors (Lipinski definition) is 0. The number of hydrogen-bond acceptors (Lipinski definition) is 4. The number of carbonyl (C=O) groups excluding carboxylic acids is 2. The highest BCUT2D eigenvalue weighted by atomic mass is 79.9. The van der Waals surface area contributed by atoms with E-state index in [2.05, 4.69) is 20.9 Å². The van der Waals surface area contributed by atoms with Crippen molar-refractivity contribution < 1.29 is 9.59 Å². The van der Waals surface area contributed by atoms with Crippen LogP contribution in [0.15, 0.2) is 22.1 Å². The summed E-state index contributed by atoms with van der Waals surface area (Å²) in [5, 5.41) is 0.473. The molecule has 0 radical (unpaired) electrons. The summed E-state index contributed by atoms with van der Waals surface area (Å²) in [4.78, 5) is 29.7. The number of rotatable bonds is 1. The molecule has 17 heavy (non-hydrogen) atoms. The number of thiazole rings is 1. The molecule has 6 heteroatoms. The monoisotopic (exact) mass is 312 g/mol. The zero-order chi connectivity index (χ0) is 12.0. The Labute approximate surface area is 110 Å². The summed E-state index contributed by atoms with van der Waals surface area (Å²) in [6, 6.07) is 0. The van der Waals surface area contributed by atoms with E-state index in [9.17, 15) is 9.59 Å². The third kappa shape index (κ3) is 1.66. The van der Waals surface area contributed by atoms with Gasteiger partial charge in [0, 0.05) is 0 Å². The molecule has 3 rings (SSSR count). The largest absolute Gasteiger partial charge is 0.274 e. The molecule has 2 amide bonds. The van der Waals surface area contributed by atoms with Crippen LogP contribution in [-0.2, 0) is 9.59 Å². The van der Waals surface area contributed by atoms with Crippen molar-refractivity contribution in [2.24, 2.45) is 11.8 Å². The van der Waals surface area contributed by atoms with Gasteiger partial charge in [-0.3, -0.25) is 9.59 Å². The lowest BCUT2D eigenvalue weighted by Gasteiger charge is -2.14. The third-order valence-corrected chi connectivity index (χ3v) is 4.63. The summed E-state index contributed by atoms with van der Waals surface area (Å²) in [6.45, 7) is 0. The Kier molecular flexibility index (Phi) is 2.63. The van der Waals surface area contributed by atoms with Crippen LogP contribution in [-0.4, -0.2) is 16.8 Å². The van der Waals surface area contributed by atoms with Gasteiger partial charge in [0.25, 0.3) is 0 Å². The fourth-order valence-electron chi connectivity index (χ4n) is 2.34. The van der Waals surface area contributed by atoms with Gasteiger partial charge >= 0.3 is 0 Å². The van der Waals surface area contributed by atoms with Gasteiger partial charge in [-0.15, -0.1) is 0 Å². The Hall–Kier alpha value is -1.01. The molecule has 1 saturated heterocycles. The number of nitrogens with zero attached hydrogens (tertiary/aromatic N) is 2. The fraction of sp³-hybridized carbons (Fsp3) is 0.364. The summed E-state index contributed by atoms with van der Waals surface area (Å²) in [6.07, 6.45) is 6.90. The Morgan fingerprint density at radius 2 is 1.82 bits per heavy atom. The highest BCUT2D eigenvalue weighted by Crippen LogP contribution is 2.39. The van der Waals surface area contributed by atoms with Crippen molar-refractivity contribution in [1.29, 1.82) is 0 Å². The average Bonchev–Trinajstić information content (AvgIpc) is 2.84. The Morgan fingerprint density at radius 3 is 2.29 bits per heavy atom. The second kappa shape index (κ2) is 4.03. The number of halogens is 1. The molecule has 0 bridgehead atoms. The number of amides is 2. The number of aromatic nitrogens is 1. The molecule has 2 atom stereocenters.